The van der Waals surface area contributed by atoms with Gasteiger partial charge in [-0.3, -0.25) is 4.79 Å². The number of aliphatic hydroxyl groups is 2. The maximum absolute atomic E-state index is 12.3. The van der Waals surface area contributed by atoms with E-state index < -0.39 is 6.04 Å². The lowest BCUT2D eigenvalue weighted by molar-refractivity contribution is -0.134. The number of nitrogens with one attached hydrogen (secondary N) is 2. The van der Waals surface area contributed by atoms with Crippen molar-refractivity contribution in [1.82, 2.24) is 10.6 Å². The van der Waals surface area contributed by atoms with Crippen LogP contribution >= 0.6 is 0 Å². The van der Waals surface area contributed by atoms with E-state index >= 15 is 0 Å². The van der Waals surface area contributed by atoms with Crippen molar-refractivity contribution in [3.05, 3.63) is 0 Å². The van der Waals surface area contributed by atoms with Crippen LogP contribution in [0, 0.1) is 5.41 Å². The average Bonchev–Trinajstić information content (AvgIpc) is 2.37. The third-order valence-electron chi connectivity index (χ3n) is 3.46. The molecule has 0 aliphatic carbocycles. The van der Waals surface area contributed by atoms with E-state index in [-0.39, 0.29) is 24.5 Å². The van der Waals surface area contributed by atoms with Gasteiger partial charge in [-0.2, -0.15) is 0 Å². The molecule has 1 unspecified atom stereocenters. The van der Waals surface area contributed by atoms with Crippen LogP contribution in [0.25, 0.3) is 0 Å². The molecule has 1 fully saturated rings. The van der Waals surface area contributed by atoms with Crippen LogP contribution in [0.3, 0.4) is 0 Å². The Hall–Kier alpha value is -0.650. The zero-order chi connectivity index (χ0) is 12.7. The SMILES string of the molecule is CCCC1(C(=O)NC(CO)CO)CCCNC1. The average molecular weight is 244 g/mol. The summed E-state index contributed by atoms with van der Waals surface area (Å²) >= 11 is 0. The number of carbonyl (C=O) groups is 1. The molecule has 1 rings (SSSR count). The Labute approximate surface area is 103 Å². The Morgan fingerprint density at radius 2 is 2.18 bits per heavy atom. The van der Waals surface area contributed by atoms with Gasteiger partial charge in [0.05, 0.1) is 24.7 Å². The Morgan fingerprint density at radius 3 is 2.65 bits per heavy atom. The highest BCUT2D eigenvalue weighted by molar-refractivity contribution is 5.83. The quantitative estimate of drug-likeness (QED) is 0.514. The van der Waals surface area contributed by atoms with Crippen LogP contribution < -0.4 is 10.6 Å². The van der Waals surface area contributed by atoms with E-state index in [1.807, 2.05) is 0 Å². The maximum Gasteiger partial charge on any atom is 0.227 e. The number of hydrogen-bond acceptors (Lipinski definition) is 4. The van der Waals surface area contributed by atoms with Crippen LogP contribution in [0.4, 0.5) is 0 Å². The summed E-state index contributed by atoms with van der Waals surface area (Å²) in [7, 11) is 0. The second-order valence-electron chi connectivity index (χ2n) is 4.85. The molecule has 0 radical (unpaired) electrons. The summed E-state index contributed by atoms with van der Waals surface area (Å²) in [4.78, 5) is 12.3. The topological polar surface area (TPSA) is 81.6 Å². The van der Waals surface area contributed by atoms with Crippen LogP contribution in [0.1, 0.15) is 32.6 Å². The number of aliphatic hydroxyl groups excluding tert-OH is 2. The second-order valence-corrected chi connectivity index (χ2v) is 4.85. The van der Waals surface area contributed by atoms with Gasteiger partial charge >= 0.3 is 0 Å². The summed E-state index contributed by atoms with van der Waals surface area (Å²) in [6.07, 6.45) is 3.67. The third-order valence-corrected chi connectivity index (χ3v) is 3.46. The van der Waals surface area contributed by atoms with Gasteiger partial charge in [0.15, 0.2) is 0 Å². The molecule has 0 aromatic heterocycles. The molecular formula is C12H24N2O3. The molecule has 17 heavy (non-hydrogen) atoms. The number of amides is 1. The molecule has 1 heterocycles. The molecule has 1 aliphatic rings. The van der Waals surface area contributed by atoms with Crippen molar-refractivity contribution in [3.63, 3.8) is 0 Å². The predicted octanol–water partition coefficient (Wildman–Crippen LogP) is -0.374. The van der Waals surface area contributed by atoms with Gasteiger partial charge in [0.2, 0.25) is 5.91 Å². The van der Waals surface area contributed by atoms with E-state index in [1.165, 1.54) is 0 Å². The highest BCUT2D eigenvalue weighted by Crippen LogP contribution is 2.31. The number of rotatable bonds is 6. The molecule has 1 saturated heterocycles. The zero-order valence-corrected chi connectivity index (χ0v) is 10.5. The summed E-state index contributed by atoms with van der Waals surface area (Å²) in [5.41, 5.74) is -0.365. The van der Waals surface area contributed by atoms with Gasteiger partial charge in [0.1, 0.15) is 0 Å². The molecule has 1 aliphatic heterocycles. The number of hydrogen-bond donors (Lipinski definition) is 4. The van der Waals surface area contributed by atoms with E-state index in [0.717, 1.165) is 32.2 Å². The van der Waals surface area contributed by atoms with Gasteiger partial charge in [0, 0.05) is 6.54 Å². The molecule has 5 nitrogen and oxygen atoms in total. The van der Waals surface area contributed by atoms with Crippen molar-refractivity contribution in [3.8, 4) is 0 Å². The summed E-state index contributed by atoms with van der Waals surface area (Å²) in [6, 6.07) is -0.543. The first-order chi connectivity index (χ1) is 8.18. The zero-order valence-electron chi connectivity index (χ0n) is 10.5. The van der Waals surface area contributed by atoms with E-state index in [9.17, 15) is 4.79 Å². The van der Waals surface area contributed by atoms with Gasteiger partial charge in [-0.1, -0.05) is 13.3 Å². The molecule has 5 heteroatoms. The van der Waals surface area contributed by atoms with Gasteiger partial charge in [0.25, 0.3) is 0 Å². The van der Waals surface area contributed by atoms with Crippen molar-refractivity contribution >= 4 is 5.91 Å². The first kappa shape index (κ1) is 14.4. The van der Waals surface area contributed by atoms with Gasteiger partial charge in [-0.25, -0.2) is 0 Å². The second kappa shape index (κ2) is 6.93. The Morgan fingerprint density at radius 1 is 1.47 bits per heavy atom. The van der Waals surface area contributed by atoms with E-state index in [0.29, 0.717) is 6.54 Å². The fourth-order valence-electron chi connectivity index (χ4n) is 2.45. The van der Waals surface area contributed by atoms with Gasteiger partial charge in [-0.05, 0) is 25.8 Å². The Kier molecular flexibility index (Phi) is 5.88. The third kappa shape index (κ3) is 3.66. The summed E-state index contributed by atoms with van der Waals surface area (Å²) in [6.45, 7) is 3.27. The predicted molar refractivity (Wildman–Crippen MR) is 65.5 cm³/mol. The van der Waals surface area contributed by atoms with Gasteiger partial charge < -0.3 is 20.8 Å². The summed E-state index contributed by atoms with van der Waals surface area (Å²) in [5.74, 6) is -0.0420. The minimum Gasteiger partial charge on any atom is -0.394 e. The standard InChI is InChI=1S/C12H24N2O3/c1-2-4-12(5-3-6-13-9-12)11(17)14-10(7-15)8-16/h10,13,15-16H,2-9H2,1H3,(H,14,17). The minimum atomic E-state index is -0.543. The van der Waals surface area contributed by atoms with Crippen molar-refractivity contribution in [2.24, 2.45) is 5.41 Å². The molecule has 1 atom stereocenters. The molecule has 0 bridgehead atoms. The van der Waals surface area contributed by atoms with Crippen LogP contribution in [0.2, 0.25) is 0 Å². The molecule has 100 valence electrons. The lowest BCUT2D eigenvalue weighted by Crippen LogP contribution is -2.54. The molecular weight excluding hydrogens is 220 g/mol. The Bertz CT molecular complexity index is 230. The van der Waals surface area contributed by atoms with Crippen molar-refractivity contribution < 1.29 is 15.0 Å². The van der Waals surface area contributed by atoms with E-state index in [2.05, 4.69) is 17.6 Å². The highest BCUT2D eigenvalue weighted by atomic mass is 16.3. The van der Waals surface area contributed by atoms with E-state index in [1.54, 1.807) is 0 Å². The largest absolute Gasteiger partial charge is 0.394 e. The fourth-order valence-corrected chi connectivity index (χ4v) is 2.45. The van der Waals surface area contributed by atoms with Crippen molar-refractivity contribution in [2.75, 3.05) is 26.3 Å². The smallest absolute Gasteiger partial charge is 0.227 e. The molecule has 1 amide bonds. The van der Waals surface area contributed by atoms with E-state index in [4.69, 9.17) is 10.2 Å². The van der Waals surface area contributed by atoms with Gasteiger partial charge in [-0.15, -0.1) is 0 Å². The van der Waals surface area contributed by atoms with Crippen LogP contribution in [-0.4, -0.2) is 48.5 Å². The highest BCUT2D eigenvalue weighted by Gasteiger charge is 2.39. The maximum atomic E-state index is 12.3. The minimum absolute atomic E-state index is 0.0420. The van der Waals surface area contributed by atoms with Crippen LogP contribution in [0.5, 0.6) is 0 Å². The number of carbonyl (C=O) groups excluding carboxylic acids is 1. The lowest BCUT2D eigenvalue weighted by Gasteiger charge is -2.37. The number of piperidine rings is 1. The summed E-state index contributed by atoms with van der Waals surface area (Å²) in [5, 5.41) is 24.0. The Balaban J connectivity index is 2.65. The normalized spacial score (nSPS) is 24.9. The molecule has 4 N–H and O–H groups in total. The molecule has 0 aromatic rings. The first-order valence-corrected chi connectivity index (χ1v) is 6.42. The first-order valence-electron chi connectivity index (χ1n) is 6.42. The van der Waals surface area contributed by atoms with Crippen LogP contribution in [-0.2, 0) is 4.79 Å². The van der Waals surface area contributed by atoms with Crippen LogP contribution in [0.15, 0.2) is 0 Å². The van der Waals surface area contributed by atoms with Crippen molar-refractivity contribution in [2.45, 2.75) is 38.6 Å². The van der Waals surface area contributed by atoms with Crippen molar-refractivity contribution in [1.29, 1.82) is 0 Å². The molecule has 0 aromatic carbocycles. The molecule has 0 saturated carbocycles. The molecule has 0 spiro atoms. The lowest BCUT2D eigenvalue weighted by atomic mass is 9.76. The fraction of sp³-hybridized carbons (Fsp3) is 0.917. The monoisotopic (exact) mass is 244 g/mol. The summed E-state index contributed by atoms with van der Waals surface area (Å²) < 4.78 is 0.